The van der Waals surface area contributed by atoms with Gasteiger partial charge in [-0.3, -0.25) is 4.79 Å². The Morgan fingerprint density at radius 3 is 2.58 bits per heavy atom. The summed E-state index contributed by atoms with van der Waals surface area (Å²) < 4.78 is 5.08. The lowest BCUT2D eigenvalue weighted by Gasteiger charge is -2.18. The lowest BCUT2D eigenvalue weighted by molar-refractivity contribution is -0.130. The average molecular weight is 268 g/mol. The second kappa shape index (κ2) is 7.58. The van der Waals surface area contributed by atoms with Crippen LogP contribution in [-0.4, -0.2) is 41.5 Å². The number of hydrogen-bond acceptors (Lipinski definition) is 4. The van der Waals surface area contributed by atoms with Crippen molar-refractivity contribution < 1.29 is 19.1 Å². The molecule has 0 fully saturated rings. The molecule has 1 rings (SSSR count). The molecule has 2 N–H and O–H groups in total. The predicted octanol–water partition coefficient (Wildman–Crippen LogP) is 1.33. The van der Waals surface area contributed by atoms with E-state index in [4.69, 9.17) is 9.52 Å². The minimum absolute atomic E-state index is 0.114. The van der Waals surface area contributed by atoms with Gasteiger partial charge in [-0.15, -0.1) is 0 Å². The van der Waals surface area contributed by atoms with Crippen molar-refractivity contribution in [2.75, 3.05) is 19.6 Å². The number of furan rings is 1. The van der Waals surface area contributed by atoms with Crippen molar-refractivity contribution in [3.05, 3.63) is 23.7 Å². The first-order valence-electron chi connectivity index (χ1n) is 6.37. The molecule has 1 aromatic rings. The van der Waals surface area contributed by atoms with E-state index in [1.165, 1.54) is 12.3 Å². The number of hydrogen-bond donors (Lipinski definition) is 2. The maximum atomic E-state index is 11.7. The van der Waals surface area contributed by atoms with Crippen LogP contribution in [0.5, 0.6) is 0 Å². The minimum Gasteiger partial charge on any atom is -0.478 e. The van der Waals surface area contributed by atoms with Gasteiger partial charge in [0.2, 0.25) is 5.91 Å². The number of carboxylic acids is 1. The molecule has 0 radical (unpaired) electrons. The molecule has 0 aliphatic heterocycles. The summed E-state index contributed by atoms with van der Waals surface area (Å²) in [5.74, 6) is -0.345. The maximum absolute atomic E-state index is 11.7. The van der Waals surface area contributed by atoms with E-state index in [2.05, 4.69) is 5.32 Å². The van der Waals surface area contributed by atoms with Gasteiger partial charge >= 0.3 is 5.97 Å². The highest BCUT2D eigenvalue weighted by molar-refractivity contribution is 5.87. The van der Waals surface area contributed by atoms with Gasteiger partial charge in [0.15, 0.2) is 0 Å². The topological polar surface area (TPSA) is 82.8 Å². The van der Waals surface area contributed by atoms with Crippen LogP contribution in [0, 0.1) is 0 Å². The highest BCUT2D eigenvalue weighted by Gasteiger charge is 2.10. The molecule has 0 bridgehead atoms. The van der Waals surface area contributed by atoms with Gasteiger partial charge in [0.05, 0.1) is 12.1 Å². The van der Waals surface area contributed by atoms with Crippen LogP contribution in [0.4, 0.5) is 0 Å². The van der Waals surface area contributed by atoms with E-state index in [-0.39, 0.29) is 11.5 Å². The Kier molecular flexibility index (Phi) is 6.08. The monoisotopic (exact) mass is 268 g/mol. The molecule has 6 heteroatoms. The molecule has 0 aromatic carbocycles. The molecule has 0 atom stereocenters. The molecule has 1 aromatic heterocycles. The number of carbonyl (C=O) groups is 2. The average Bonchev–Trinajstić information content (AvgIpc) is 2.85. The van der Waals surface area contributed by atoms with E-state index in [9.17, 15) is 9.59 Å². The van der Waals surface area contributed by atoms with E-state index in [1.807, 2.05) is 13.8 Å². The number of aromatic carboxylic acids is 1. The van der Waals surface area contributed by atoms with Crippen LogP contribution in [0.15, 0.2) is 16.7 Å². The van der Waals surface area contributed by atoms with E-state index in [0.29, 0.717) is 25.3 Å². The van der Waals surface area contributed by atoms with Crippen molar-refractivity contribution in [1.82, 2.24) is 10.2 Å². The summed E-state index contributed by atoms with van der Waals surface area (Å²) >= 11 is 0. The van der Waals surface area contributed by atoms with Gasteiger partial charge in [0, 0.05) is 26.1 Å². The van der Waals surface area contributed by atoms with Crippen molar-refractivity contribution in [3.63, 3.8) is 0 Å². The van der Waals surface area contributed by atoms with Crippen molar-refractivity contribution >= 4 is 11.9 Å². The first-order chi connectivity index (χ1) is 9.08. The Hall–Kier alpha value is -1.82. The van der Waals surface area contributed by atoms with Gasteiger partial charge in [-0.05, 0) is 19.9 Å². The molecular weight excluding hydrogens is 248 g/mol. The zero-order chi connectivity index (χ0) is 14.3. The number of nitrogens with zero attached hydrogens (tertiary/aromatic N) is 1. The molecule has 0 aliphatic rings. The van der Waals surface area contributed by atoms with E-state index < -0.39 is 5.97 Å². The van der Waals surface area contributed by atoms with Crippen LogP contribution in [0.3, 0.4) is 0 Å². The third-order valence-electron chi connectivity index (χ3n) is 2.83. The Morgan fingerprint density at radius 2 is 2.05 bits per heavy atom. The van der Waals surface area contributed by atoms with Crippen LogP contribution in [0.2, 0.25) is 0 Å². The molecule has 1 amide bonds. The SMILES string of the molecule is CCN(CC)C(=O)CCNCc1cc(C(=O)O)co1. The molecule has 106 valence electrons. The summed E-state index contributed by atoms with van der Waals surface area (Å²) in [6.45, 7) is 6.29. The third kappa shape index (κ3) is 4.75. The Balaban J connectivity index is 2.27. The molecule has 1 heterocycles. The molecule has 0 unspecified atom stereocenters. The molecular formula is C13H20N2O4. The number of carboxylic acid groups (broad SMARTS) is 1. The van der Waals surface area contributed by atoms with Crippen LogP contribution in [-0.2, 0) is 11.3 Å². The fourth-order valence-corrected chi connectivity index (χ4v) is 1.73. The largest absolute Gasteiger partial charge is 0.478 e. The van der Waals surface area contributed by atoms with E-state index in [1.54, 1.807) is 4.90 Å². The lowest BCUT2D eigenvalue weighted by atomic mass is 10.3. The molecule has 0 aliphatic carbocycles. The van der Waals surface area contributed by atoms with Crippen molar-refractivity contribution in [1.29, 1.82) is 0 Å². The summed E-state index contributed by atoms with van der Waals surface area (Å²) in [7, 11) is 0. The minimum atomic E-state index is -1.01. The summed E-state index contributed by atoms with van der Waals surface area (Å²) in [6, 6.07) is 1.47. The van der Waals surface area contributed by atoms with Gasteiger partial charge in [-0.2, -0.15) is 0 Å². The highest BCUT2D eigenvalue weighted by Crippen LogP contribution is 2.07. The predicted molar refractivity (Wildman–Crippen MR) is 69.9 cm³/mol. The second-order valence-corrected chi connectivity index (χ2v) is 4.10. The maximum Gasteiger partial charge on any atom is 0.338 e. The van der Waals surface area contributed by atoms with Crippen LogP contribution >= 0.6 is 0 Å². The van der Waals surface area contributed by atoms with Gasteiger partial charge in [0.1, 0.15) is 12.0 Å². The Labute approximate surface area is 112 Å². The van der Waals surface area contributed by atoms with Crippen molar-refractivity contribution in [2.24, 2.45) is 0 Å². The van der Waals surface area contributed by atoms with E-state index in [0.717, 1.165) is 13.1 Å². The third-order valence-corrected chi connectivity index (χ3v) is 2.83. The van der Waals surface area contributed by atoms with Crippen LogP contribution < -0.4 is 5.32 Å². The summed E-state index contributed by atoms with van der Waals surface area (Å²) in [6.07, 6.45) is 1.63. The standard InChI is InChI=1S/C13H20N2O4/c1-3-15(4-2)12(16)5-6-14-8-11-7-10(9-19-11)13(17)18/h7,9,14H,3-6,8H2,1-2H3,(H,17,18). The molecule has 6 nitrogen and oxygen atoms in total. The lowest BCUT2D eigenvalue weighted by Crippen LogP contribution is -2.32. The van der Waals surface area contributed by atoms with Gasteiger partial charge in [-0.25, -0.2) is 4.79 Å². The van der Waals surface area contributed by atoms with Crippen molar-refractivity contribution in [2.45, 2.75) is 26.8 Å². The number of rotatable bonds is 8. The van der Waals surface area contributed by atoms with E-state index >= 15 is 0 Å². The summed E-state index contributed by atoms with van der Waals surface area (Å²) in [4.78, 5) is 24.1. The first kappa shape index (κ1) is 15.2. The van der Waals surface area contributed by atoms with Crippen LogP contribution in [0.25, 0.3) is 0 Å². The summed E-state index contributed by atoms with van der Waals surface area (Å²) in [5, 5.41) is 11.8. The fraction of sp³-hybridized carbons (Fsp3) is 0.538. The van der Waals surface area contributed by atoms with Gasteiger partial charge in [-0.1, -0.05) is 0 Å². The fourth-order valence-electron chi connectivity index (χ4n) is 1.73. The Bertz CT molecular complexity index is 424. The second-order valence-electron chi connectivity index (χ2n) is 4.10. The molecule has 0 saturated heterocycles. The first-order valence-corrected chi connectivity index (χ1v) is 6.37. The molecule has 0 spiro atoms. The number of amides is 1. The molecule has 0 saturated carbocycles. The van der Waals surface area contributed by atoms with Crippen LogP contribution in [0.1, 0.15) is 36.4 Å². The zero-order valence-corrected chi connectivity index (χ0v) is 11.3. The quantitative estimate of drug-likeness (QED) is 0.695. The van der Waals surface area contributed by atoms with Gasteiger partial charge in [0.25, 0.3) is 0 Å². The normalized spacial score (nSPS) is 10.4. The van der Waals surface area contributed by atoms with Gasteiger partial charge < -0.3 is 19.7 Å². The zero-order valence-electron chi connectivity index (χ0n) is 11.3. The Morgan fingerprint density at radius 1 is 1.37 bits per heavy atom. The number of nitrogens with one attached hydrogen (secondary N) is 1. The summed E-state index contributed by atoms with van der Waals surface area (Å²) in [5.41, 5.74) is 0.135. The van der Waals surface area contributed by atoms with Crippen molar-refractivity contribution in [3.8, 4) is 0 Å². The number of carbonyl (C=O) groups excluding carboxylic acids is 1. The highest BCUT2D eigenvalue weighted by atomic mass is 16.4. The smallest absolute Gasteiger partial charge is 0.338 e. The molecule has 19 heavy (non-hydrogen) atoms.